The number of aromatic nitrogens is 1. The van der Waals surface area contributed by atoms with Gasteiger partial charge in [0.05, 0.1) is 11.6 Å². The molecule has 0 atom stereocenters. The molecule has 0 amide bonds. The van der Waals surface area contributed by atoms with Crippen LogP contribution in [0.5, 0.6) is 0 Å². The lowest BCUT2D eigenvalue weighted by Gasteiger charge is -1.99. The Kier molecular flexibility index (Phi) is 2.99. The van der Waals surface area contributed by atoms with Crippen molar-refractivity contribution in [1.82, 2.24) is 4.98 Å². The number of rotatable bonds is 2. The number of aryl methyl sites for hydroxylation is 1. The standard InChI is InChI=1S/C12H11ClFNO/c1-7-9(6-16)5-12(15-7)8-2-3-11(14)10(13)4-8/h2-5,15-16H,6H2,1H3. The summed E-state index contributed by atoms with van der Waals surface area (Å²) >= 11 is 5.71. The van der Waals surface area contributed by atoms with Gasteiger partial charge >= 0.3 is 0 Å². The Morgan fingerprint density at radius 3 is 2.69 bits per heavy atom. The van der Waals surface area contributed by atoms with Crippen molar-refractivity contribution in [2.24, 2.45) is 0 Å². The second kappa shape index (κ2) is 4.28. The van der Waals surface area contributed by atoms with Crippen LogP contribution in [0.3, 0.4) is 0 Å². The van der Waals surface area contributed by atoms with Crippen molar-refractivity contribution in [2.75, 3.05) is 0 Å². The van der Waals surface area contributed by atoms with Crippen molar-refractivity contribution in [2.45, 2.75) is 13.5 Å². The van der Waals surface area contributed by atoms with Crippen LogP contribution >= 0.6 is 11.6 Å². The highest BCUT2D eigenvalue weighted by Gasteiger charge is 2.07. The minimum absolute atomic E-state index is 0.0166. The van der Waals surface area contributed by atoms with Crippen molar-refractivity contribution in [3.8, 4) is 11.3 Å². The zero-order chi connectivity index (χ0) is 11.7. The Morgan fingerprint density at radius 1 is 1.38 bits per heavy atom. The minimum atomic E-state index is -0.434. The molecule has 0 saturated heterocycles. The highest BCUT2D eigenvalue weighted by Crippen LogP contribution is 2.25. The summed E-state index contributed by atoms with van der Waals surface area (Å²) in [6.07, 6.45) is 0. The summed E-state index contributed by atoms with van der Waals surface area (Å²) in [5.74, 6) is -0.434. The monoisotopic (exact) mass is 239 g/mol. The molecule has 0 unspecified atom stereocenters. The topological polar surface area (TPSA) is 36.0 Å². The van der Waals surface area contributed by atoms with Crippen LogP contribution in [0, 0.1) is 12.7 Å². The zero-order valence-corrected chi connectivity index (χ0v) is 9.48. The fourth-order valence-corrected chi connectivity index (χ4v) is 1.76. The van der Waals surface area contributed by atoms with Gasteiger partial charge in [-0.2, -0.15) is 0 Å². The van der Waals surface area contributed by atoms with Crippen LogP contribution in [0.25, 0.3) is 11.3 Å². The van der Waals surface area contributed by atoms with Crippen molar-refractivity contribution >= 4 is 11.6 Å². The maximum Gasteiger partial charge on any atom is 0.141 e. The molecule has 0 fully saturated rings. The van der Waals surface area contributed by atoms with Crippen molar-refractivity contribution < 1.29 is 9.50 Å². The number of hydrogen-bond acceptors (Lipinski definition) is 1. The van der Waals surface area contributed by atoms with Gasteiger partial charge in [0.15, 0.2) is 0 Å². The smallest absolute Gasteiger partial charge is 0.141 e. The van der Waals surface area contributed by atoms with E-state index in [-0.39, 0.29) is 11.6 Å². The lowest BCUT2D eigenvalue weighted by Crippen LogP contribution is -1.81. The molecule has 2 N–H and O–H groups in total. The highest BCUT2D eigenvalue weighted by molar-refractivity contribution is 6.31. The van der Waals surface area contributed by atoms with Crippen molar-refractivity contribution in [3.05, 3.63) is 46.4 Å². The zero-order valence-electron chi connectivity index (χ0n) is 8.72. The predicted molar refractivity (Wildman–Crippen MR) is 61.9 cm³/mol. The van der Waals surface area contributed by atoms with Gasteiger partial charge in [-0.15, -0.1) is 0 Å². The lowest BCUT2D eigenvalue weighted by atomic mass is 10.1. The second-order valence-corrected chi connectivity index (χ2v) is 4.03. The van der Waals surface area contributed by atoms with Gasteiger partial charge in [-0.3, -0.25) is 0 Å². The van der Waals surface area contributed by atoms with E-state index in [0.29, 0.717) is 0 Å². The average molecular weight is 240 g/mol. The third-order valence-electron chi connectivity index (χ3n) is 2.52. The van der Waals surface area contributed by atoms with Gasteiger partial charge in [-0.25, -0.2) is 4.39 Å². The molecule has 0 saturated carbocycles. The maximum absolute atomic E-state index is 13.0. The van der Waals surface area contributed by atoms with Gasteiger partial charge in [0, 0.05) is 11.4 Å². The van der Waals surface area contributed by atoms with E-state index < -0.39 is 5.82 Å². The van der Waals surface area contributed by atoms with Crippen LogP contribution in [-0.4, -0.2) is 10.1 Å². The minimum Gasteiger partial charge on any atom is -0.392 e. The Morgan fingerprint density at radius 2 is 2.12 bits per heavy atom. The summed E-state index contributed by atoms with van der Waals surface area (Å²) in [5.41, 5.74) is 3.35. The molecule has 0 bridgehead atoms. The van der Waals surface area contributed by atoms with E-state index in [2.05, 4.69) is 4.98 Å². The molecular weight excluding hydrogens is 229 g/mol. The molecule has 4 heteroatoms. The second-order valence-electron chi connectivity index (χ2n) is 3.62. The Labute approximate surface area is 97.7 Å². The summed E-state index contributed by atoms with van der Waals surface area (Å²) in [7, 11) is 0. The van der Waals surface area contributed by atoms with Crippen LogP contribution in [0.2, 0.25) is 5.02 Å². The first kappa shape index (κ1) is 11.2. The lowest BCUT2D eigenvalue weighted by molar-refractivity contribution is 0.281. The summed E-state index contributed by atoms with van der Waals surface area (Å²) < 4.78 is 13.0. The molecule has 0 aliphatic carbocycles. The summed E-state index contributed by atoms with van der Waals surface area (Å²) in [6.45, 7) is 1.86. The molecule has 0 aliphatic rings. The van der Waals surface area contributed by atoms with Crippen molar-refractivity contribution in [1.29, 1.82) is 0 Å². The third-order valence-corrected chi connectivity index (χ3v) is 2.81. The number of benzene rings is 1. The van der Waals surface area contributed by atoms with Crippen LogP contribution in [0.15, 0.2) is 24.3 Å². The summed E-state index contributed by atoms with van der Waals surface area (Å²) in [5, 5.41) is 9.16. The number of nitrogens with one attached hydrogen (secondary N) is 1. The van der Waals surface area contributed by atoms with Crippen LogP contribution in [-0.2, 0) is 6.61 Å². The maximum atomic E-state index is 13.0. The first-order valence-corrected chi connectivity index (χ1v) is 5.24. The fourth-order valence-electron chi connectivity index (χ4n) is 1.58. The molecule has 1 heterocycles. The molecule has 2 nitrogen and oxygen atoms in total. The van der Waals surface area contributed by atoms with Crippen LogP contribution in [0.4, 0.5) is 4.39 Å². The number of H-pyrrole nitrogens is 1. The molecule has 1 aromatic heterocycles. The van der Waals surface area contributed by atoms with E-state index in [1.165, 1.54) is 6.07 Å². The van der Waals surface area contributed by atoms with Gasteiger partial charge in [0.1, 0.15) is 5.82 Å². The molecule has 0 radical (unpaired) electrons. The van der Waals surface area contributed by atoms with E-state index in [4.69, 9.17) is 16.7 Å². The number of hydrogen-bond donors (Lipinski definition) is 2. The number of halogens is 2. The third kappa shape index (κ3) is 1.96. The normalized spacial score (nSPS) is 10.8. The molecule has 0 spiro atoms. The number of aromatic amines is 1. The number of aliphatic hydroxyl groups excluding tert-OH is 1. The van der Waals surface area contributed by atoms with Gasteiger partial charge in [-0.1, -0.05) is 11.6 Å². The van der Waals surface area contributed by atoms with Crippen molar-refractivity contribution in [3.63, 3.8) is 0 Å². The van der Waals surface area contributed by atoms with Gasteiger partial charge < -0.3 is 10.1 Å². The van der Waals surface area contributed by atoms with Crippen LogP contribution in [0.1, 0.15) is 11.3 Å². The summed E-state index contributed by atoms with van der Waals surface area (Å²) in [6, 6.07) is 6.36. The SMILES string of the molecule is Cc1[nH]c(-c2ccc(F)c(Cl)c2)cc1CO. The van der Waals surface area contributed by atoms with Gasteiger partial charge in [0.25, 0.3) is 0 Å². The van der Waals surface area contributed by atoms with E-state index in [0.717, 1.165) is 22.5 Å². The van der Waals surface area contributed by atoms with Gasteiger partial charge in [-0.05, 0) is 42.3 Å². The number of aliphatic hydroxyl groups is 1. The molecule has 0 aliphatic heterocycles. The van der Waals surface area contributed by atoms with E-state index >= 15 is 0 Å². The van der Waals surface area contributed by atoms with Crippen LogP contribution < -0.4 is 0 Å². The average Bonchev–Trinajstić information content (AvgIpc) is 2.64. The Balaban J connectivity index is 2.46. The highest BCUT2D eigenvalue weighted by atomic mass is 35.5. The molecule has 2 rings (SSSR count). The molecule has 16 heavy (non-hydrogen) atoms. The van der Waals surface area contributed by atoms with E-state index in [1.54, 1.807) is 12.1 Å². The fraction of sp³-hybridized carbons (Fsp3) is 0.167. The first-order valence-electron chi connectivity index (χ1n) is 4.86. The van der Waals surface area contributed by atoms with E-state index in [9.17, 15) is 4.39 Å². The Hall–Kier alpha value is -1.32. The summed E-state index contributed by atoms with van der Waals surface area (Å²) in [4.78, 5) is 3.12. The first-order chi connectivity index (χ1) is 7.61. The largest absolute Gasteiger partial charge is 0.392 e. The van der Waals surface area contributed by atoms with E-state index in [1.807, 2.05) is 13.0 Å². The Bertz CT molecular complexity index is 522. The molecule has 84 valence electrons. The quantitative estimate of drug-likeness (QED) is 0.829. The van der Waals surface area contributed by atoms with Gasteiger partial charge in [0.2, 0.25) is 0 Å². The molecule has 1 aromatic carbocycles. The predicted octanol–water partition coefficient (Wildman–Crippen LogP) is 3.27. The molecular formula is C12H11ClFNO. The molecule has 2 aromatic rings.